The maximum Gasteiger partial charge on any atom is 0.416 e. The summed E-state index contributed by atoms with van der Waals surface area (Å²) in [6.07, 6.45) is -4.55. The summed E-state index contributed by atoms with van der Waals surface area (Å²) in [5.41, 5.74) is 1.37. The van der Waals surface area contributed by atoms with Crippen LogP contribution < -0.4 is 20.7 Å². The Kier molecular flexibility index (Phi) is 9.09. The van der Waals surface area contributed by atoms with Crippen molar-refractivity contribution in [3.8, 4) is 29.1 Å². The van der Waals surface area contributed by atoms with Crippen LogP contribution in [0.1, 0.15) is 5.56 Å². The second-order valence-corrected chi connectivity index (χ2v) is 8.72. The van der Waals surface area contributed by atoms with E-state index in [4.69, 9.17) is 17.0 Å². The van der Waals surface area contributed by atoms with Gasteiger partial charge in [0.1, 0.15) is 24.5 Å². The molecule has 3 N–H and O–H groups in total. The van der Waals surface area contributed by atoms with Crippen molar-refractivity contribution in [2.45, 2.75) is 6.18 Å². The number of para-hydroxylation sites is 2. The second-order valence-electron chi connectivity index (χ2n) is 8.31. The smallest absolute Gasteiger partial charge is 0.416 e. The minimum absolute atomic E-state index is 0.0444. The number of ether oxygens (including phenoxy) is 1. The molecule has 4 rings (SSSR count). The Morgan fingerprint density at radius 1 is 0.805 bits per heavy atom. The molecule has 1 heterocycles. The summed E-state index contributed by atoms with van der Waals surface area (Å²) >= 11 is 5.42. The second kappa shape index (κ2) is 13.1. The van der Waals surface area contributed by atoms with Gasteiger partial charge < -0.3 is 20.7 Å². The van der Waals surface area contributed by atoms with E-state index in [0.717, 1.165) is 17.7 Å². The van der Waals surface area contributed by atoms with E-state index in [9.17, 15) is 23.7 Å². The molecule has 0 saturated carbocycles. The Bertz CT molecular complexity index is 1630. The summed E-state index contributed by atoms with van der Waals surface area (Å²) < 4.78 is 44.7. The van der Waals surface area contributed by atoms with Crippen molar-refractivity contribution in [3.63, 3.8) is 0 Å². The van der Waals surface area contributed by atoms with Crippen LogP contribution >= 0.6 is 12.2 Å². The van der Waals surface area contributed by atoms with E-state index in [-0.39, 0.29) is 28.7 Å². The van der Waals surface area contributed by atoms with Crippen LogP contribution in [0.4, 0.5) is 30.4 Å². The lowest BCUT2D eigenvalue weighted by molar-refractivity contribution is -0.137. The fourth-order valence-corrected chi connectivity index (χ4v) is 3.76. The Labute approximate surface area is 238 Å². The maximum atomic E-state index is 13.1. The first-order chi connectivity index (χ1) is 19.8. The topological polar surface area (TPSA) is 119 Å². The number of nitrogens with zero attached hydrogens (tertiary/aromatic N) is 4. The van der Waals surface area contributed by atoms with E-state index < -0.39 is 11.7 Å². The number of thiocarbonyl (C=S) groups is 1. The summed E-state index contributed by atoms with van der Waals surface area (Å²) in [4.78, 5) is 0. The molecule has 0 aliphatic carbocycles. The number of rotatable bonds is 8. The lowest BCUT2D eigenvalue weighted by Gasteiger charge is -2.18. The van der Waals surface area contributed by atoms with E-state index in [1.165, 1.54) is 12.1 Å². The molecule has 0 atom stereocenters. The Balaban J connectivity index is 1.47. The average molecular weight is 572 g/mol. The first-order valence-corrected chi connectivity index (χ1v) is 12.3. The lowest BCUT2D eigenvalue weighted by Crippen LogP contribution is -2.21. The molecule has 3 aromatic carbocycles. The Hall–Kier alpha value is -5.46. The molecule has 0 fully saturated rings. The fourth-order valence-electron chi connectivity index (χ4n) is 3.54. The number of benzene rings is 3. The van der Waals surface area contributed by atoms with E-state index in [0.29, 0.717) is 22.9 Å². The average Bonchev–Trinajstić information content (AvgIpc) is 2.98. The highest BCUT2D eigenvalue weighted by Gasteiger charge is 2.30. The van der Waals surface area contributed by atoms with Gasteiger partial charge in [-0.2, -0.15) is 23.7 Å². The van der Waals surface area contributed by atoms with Crippen molar-refractivity contribution < 1.29 is 17.9 Å². The third-order valence-corrected chi connectivity index (χ3v) is 5.71. The zero-order valence-corrected chi connectivity index (χ0v) is 21.9. The molecule has 0 unspecified atom stereocenters. The molecule has 41 heavy (non-hydrogen) atoms. The number of allylic oxidation sites excluding steroid dienone is 1. The predicted octanol–water partition coefficient (Wildman–Crippen LogP) is 6.76. The number of aromatic nitrogens is 2. The van der Waals surface area contributed by atoms with Crippen molar-refractivity contribution in [1.82, 2.24) is 10.2 Å². The summed E-state index contributed by atoms with van der Waals surface area (Å²) in [5, 5.41) is 36.4. The van der Waals surface area contributed by atoms with Crippen LogP contribution in [0.2, 0.25) is 0 Å². The molecule has 0 radical (unpaired) electrons. The number of nitrogens with one attached hydrogen (secondary N) is 3. The van der Waals surface area contributed by atoms with Crippen molar-refractivity contribution in [1.29, 1.82) is 10.5 Å². The third-order valence-electron chi connectivity index (χ3n) is 5.51. The molecule has 204 valence electrons. The highest BCUT2D eigenvalue weighted by atomic mass is 32.1. The standard InChI is InChI=1S/C29H20F3N7OS/c30-29(31,32)21-9-6-10-22(15-21)40-18-26(20(16-33)17-34)35-24-11-4-5-12-25(24)36-28(41)37-27-14-13-23(38-39-27)19-7-2-1-3-8-19/h1-15,35H,18H2,(H2,36,37,39,41). The molecule has 4 aromatic rings. The SMILES string of the molecule is N#CC(C#N)=C(COc1cccc(C(F)(F)F)c1)Nc1ccccc1NC(=S)Nc1ccc(-c2ccccc2)nn1. The molecular formula is C29H20F3N7OS. The third kappa shape index (κ3) is 7.79. The Morgan fingerprint density at radius 2 is 1.49 bits per heavy atom. The van der Waals surface area contributed by atoms with Crippen LogP contribution in [0.15, 0.2) is 102 Å². The van der Waals surface area contributed by atoms with Crippen molar-refractivity contribution in [3.05, 3.63) is 108 Å². The van der Waals surface area contributed by atoms with Gasteiger partial charge in [-0.25, -0.2) is 0 Å². The molecule has 0 saturated heterocycles. The quantitative estimate of drug-likeness (QED) is 0.156. The lowest BCUT2D eigenvalue weighted by atomic mass is 10.1. The first kappa shape index (κ1) is 28.5. The number of anilines is 3. The van der Waals surface area contributed by atoms with E-state index in [2.05, 4.69) is 26.1 Å². The van der Waals surface area contributed by atoms with Crippen molar-refractivity contribution in [2.24, 2.45) is 0 Å². The van der Waals surface area contributed by atoms with Gasteiger partial charge >= 0.3 is 6.18 Å². The van der Waals surface area contributed by atoms with Gasteiger partial charge in [-0.15, -0.1) is 10.2 Å². The highest BCUT2D eigenvalue weighted by Crippen LogP contribution is 2.31. The summed E-state index contributed by atoms with van der Waals surface area (Å²) in [6.45, 7) is -0.377. The molecule has 0 bridgehead atoms. The fraction of sp³-hybridized carbons (Fsp3) is 0.0690. The predicted molar refractivity (Wildman–Crippen MR) is 153 cm³/mol. The number of hydrogen-bond acceptors (Lipinski definition) is 7. The largest absolute Gasteiger partial charge is 0.487 e. The molecule has 12 heteroatoms. The molecule has 0 aliphatic heterocycles. The van der Waals surface area contributed by atoms with Gasteiger partial charge in [0.05, 0.1) is 28.3 Å². The number of halogens is 3. The van der Waals surface area contributed by atoms with Crippen LogP contribution in [-0.2, 0) is 6.18 Å². The molecule has 1 aromatic heterocycles. The van der Waals surface area contributed by atoms with Gasteiger partial charge in [0.2, 0.25) is 0 Å². The minimum Gasteiger partial charge on any atom is -0.487 e. The maximum absolute atomic E-state index is 13.1. The van der Waals surface area contributed by atoms with Gasteiger partial charge in [-0.3, -0.25) is 0 Å². The van der Waals surface area contributed by atoms with Crippen LogP contribution in [0.25, 0.3) is 11.3 Å². The number of nitriles is 2. The number of alkyl halides is 3. The summed E-state index contributed by atoms with van der Waals surface area (Å²) in [6, 6.07) is 27.8. The monoisotopic (exact) mass is 571 g/mol. The highest BCUT2D eigenvalue weighted by molar-refractivity contribution is 7.80. The van der Waals surface area contributed by atoms with Gasteiger partial charge in [-0.1, -0.05) is 48.5 Å². The number of hydrogen-bond donors (Lipinski definition) is 3. The molecule has 8 nitrogen and oxygen atoms in total. The Morgan fingerprint density at radius 3 is 2.12 bits per heavy atom. The van der Waals surface area contributed by atoms with Crippen LogP contribution in [0.5, 0.6) is 5.75 Å². The van der Waals surface area contributed by atoms with Gasteiger partial charge in [0.25, 0.3) is 0 Å². The van der Waals surface area contributed by atoms with Gasteiger partial charge in [0, 0.05) is 5.56 Å². The van der Waals surface area contributed by atoms with E-state index >= 15 is 0 Å². The summed E-state index contributed by atoms with van der Waals surface area (Å²) in [7, 11) is 0. The van der Waals surface area contributed by atoms with Crippen LogP contribution in [0.3, 0.4) is 0 Å². The van der Waals surface area contributed by atoms with Crippen molar-refractivity contribution >= 4 is 34.5 Å². The van der Waals surface area contributed by atoms with Crippen LogP contribution in [-0.4, -0.2) is 21.9 Å². The molecule has 0 spiro atoms. The van der Waals surface area contributed by atoms with E-state index in [1.807, 2.05) is 30.3 Å². The van der Waals surface area contributed by atoms with Crippen LogP contribution in [0, 0.1) is 22.7 Å². The first-order valence-electron chi connectivity index (χ1n) is 11.9. The zero-order valence-electron chi connectivity index (χ0n) is 21.1. The van der Waals surface area contributed by atoms with Crippen molar-refractivity contribution in [2.75, 3.05) is 22.6 Å². The molecular weight excluding hydrogens is 551 g/mol. The zero-order chi connectivity index (χ0) is 29.2. The molecule has 0 amide bonds. The minimum atomic E-state index is -4.55. The molecule has 0 aliphatic rings. The van der Waals surface area contributed by atoms with E-state index in [1.54, 1.807) is 48.5 Å². The van der Waals surface area contributed by atoms with Gasteiger partial charge in [0.15, 0.2) is 16.5 Å². The normalized spacial score (nSPS) is 10.5. The summed E-state index contributed by atoms with van der Waals surface area (Å²) in [5.74, 6) is 0.324. The van der Waals surface area contributed by atoms with Gasteiger partial charge in [-0.05, 0) is 54.7 Å².